The fraction of sp³-hybridized carbons (Fsp3) is 0.375. The Hall–Kier alpha value is -2.63. The number of allylic oxidation sites excluding steroid dienone is 1. The monoisotopic (exact) mass is 394 g/mol. The third-order valence-electron chi connectivity index (χ3n) is 4.68. The van der Waals surface area contributed by atoms with Crippen molar-refractivity contribution in [2.45, 2.75) is 0 Å². The first-order valence-corrected chi connectivity index (χ1v) is 10.0. The number of carbonyl (C=O) groups excluding carboxylic acids is 1. The van der Waals surface area contributed by atoms with Crippen molar-refractivity contribution >= 4 is 23.2 Å². The molecular weight excluding hydrogens is 360 g/mol. The summed E-state index contributed by atoms with van der Waals surface area (Å²) in [6.45, 7) is 3.77. The molecule has 0 heterocycles. The molecule has 5 nitrogen and oxygen atoms in total. The second-order valence-electron chi connectivity index (χ2n) is 7.82. The van der Waals surface area contributed by atoms with E-state index in [2.05, 4.69) is 55.3 Å². The Labute approximate surface area is 175 Å². The minimum Gasteiger partial charge on any atom is -0.384 e. The molecule has 0 amide bonds. The molecule has 0 bridgehead atoms. The first kappa shape index (κ1) is 22.7. The van der Waals surface area contributed by atoms with Gasteiger partial charge in [0.15, 0.2) is 5.78 Å². The van der Waals surface area contributed by atoms with Crippen LogP contribution in [-0.4, -0.2) is 77.0 Å². The number of hydrogen-bond acceptors (Lipinski definition) is 5. The fourth-order valence-electron chi connectivity index (χ4n) is 2.78. The molecule has 0 atom stereocenters. The largest absolute Gasteiger partial charge is 0.384 e. The molecular formula is C24H34N4O. The van der Waals surface area contributed by atoms with Crippen LogP contribution in [0.3, 0.4) is 0 Å². The fourth-order valence-corrected chi connectivity index (χ4v) is 2.78. The van der Waals surface area contributed by atoms with Crippen molar-refractivity contribution < 1.29 is 4.79 Å². The summed E-state index contributed by atoms with van der Waals surface area (Å²) in [5.41, 5.74) is 3.86. The smallest absolute Gasteiger partial charge is 0.185 e. The lowest BCUT2D eigenvalue weighted by molar-refractivity contribution is 0.104. The number of nitrogens with one attached hydrogen (secondary N) is 1. The Balaban J connectivity index is 1.95. The highest BCUT2D eigenvalue weighted by Gasteiger charge is 2.06. The maximum atomic E-state index is 12.6. The average Bonchev–Trinajstić information content (AvgIpc) is 2.71. The van der Waals surface area contributed by atoms with Crippen molar-refractivity contribution in [1.29, 1.82) is 0 Å². The van der Waals surface area contributed by atoms with Crippen molar-refractivity contribution in [3.63, 3.8) is 0 Å². The summed E-state index contributed by atoms with van der Waals surface area (Å²) in [7, 11) is 10.3. The first-order valence-electron chi connectivity index (χ1n) is 10.0. The predicted molar refractivity (Wildman–Crippen MR) is 125 cm³/mol. The van der Waals surface area contributed by atoms with E-state index in [-0.39, 0.29) is 5.78 Å². The average molecular weight is 395 g/mol. The Bertz CT molecular complexity index is 797. The van der Waals surface area contributed by atoms with E-state index in [0.717, 1.165) is 43.1 Å². The molecule has 0 saturated heterocycles. The van der Waals surface area contributed by atoms with Crippen LogP contribution in [0.4, 0.5) is 11.4 Å². The van der Waals surface area contributed by atoms with E-state index in [1.807, 2.05) is 54.6 Å². The molecule has 0 aliphatic heterocycles. The quantitative estimate of drug-likeness (QED) is 0.466. The molecule has 0 radical (unpaired) electrons. The molecule has 2 aromatic carbocycles. The van der Waals surface area contributed by atoms with Crippen molar-refractivity contribution in [2.75, 3.05) is 71.6 Å². The van der Waals surface area contributed by atoms with Gasteiger partial charge in [0, 0.05) is 50.2 Å². The van der Waals surface area contributed by atoms with Gasteiger partial charge in [-0.15, -0.1) is 0 Å². The Morgan fingerprint density at radius 1 is 0.897 bits per heavy atom. The summed E-state index contributed by atoms with van der Waals surface area (Å²) in [6.07, 6.45) is 3.52. The van der Waals surface area contributed by atoms with Gasteiger partial charge in [0.2, 0.25) is 0 Å². The minimum absolute atomic E-state index is 0.0149. The zero-order chi connectivity index (χ0) is 21.2. The van der Waals surface area contributed by atoms with Crippen LogP contribution in [0.2, 0.25) is 0 Å². The Morgan fingerprint density at radius 3 is 2.24 bits per heavy atom. The summed E-state index contributed by atoms with van der Waals surface area (Å²) < 4.78 is 0. The summed E-state index contributed by atoms with van der Waals surface area (Å²) in [4.78, 5) is 19.1. The van der Waals surface area contributed by atoms with Crippen LogP contribution in [0.1, 0.15) is 15.9 Å². The Morgan fingerprint density at radius 2 is 1.59 bits per heavy atom. The highest BCUT2D eigenvalue weighted by molar-refractivity contribution is 6.07. The minimum atomic E-state index is 0.0149. The first-order chi connectivity index (χ1) is 13.8. The Kier molecular flexibility index (Phi) is 8.90. The molecule has 1 N–H and O–H groups in total. The highest BCUT2D eigenvalue weighted by atomic mass is 16.1. The second kappa shape index (κ2) is 11.4. The number of anilines is 2. The van der Waals surface area contributed by atoms with Gasteiger partial charge in [-0.05, 0) is 64.1 Å². The van der Waals surface area contributed by atoms with E-state index in [1.165, 1.54) is 0 Å². The maximum Gasteiger partial charge on any atom is 0.185 e. The van der Waals surface area contributed by atoms with Gasteiger partial charge in [0.25, 0.3) is 0 Å². The molecule has 0 unspecified atom stereocenters. The molecule has 29 heavy (non-hydrogen) atoms. The van der Waals surface area contributed by atoms with Crippen molar-refractivity contribution in [3.05, 3.63) is 65.7 Å². The summed E-state index contributed by atoms with van der Waals surface area (Å²) in [5, 5.41) is 3.39. The number of benzene rings is 2. The van der Waals surface area contributed by atoms with E-state index in [9.17, 15) is 4.79 Å². The van der Waals surface area contributed by atoms with E-state index in [4.69, 9.17) is 0 Å². The van der Waals surface area contributed by atoms with Gasteiger partial charge in [-0.3, -0.25) is 4.79 Å². The van der Waals surface area contributed by atoms with Crippen LogP contribution in [0.15, 0.2) is 54.6 Å². The standard InChI is InChI=1S/C24H34N4O/c1-26(2)16-15-25-22-12-9-20(10-13-22)11-14-24(29)21-7-6-8-23(19-21)28(5)18-17-27(3)4/h6-14,19,25H,15-18H2,1-5H3. The molecule has 0 aliphatic carbocycles. The van der Waals surface area contributed by atoms with Crippen LogP contribution in [0.5, 0.6) is 0 Å². The summed E-state index contributed by atoms with van der Waals surface area (Å²) in [5.74, 6) is 0.0149. The number of nitrogens with zero attached hydrogens (tertiary/aromatic N) is 3. The number of ketones is 1. The maximum absolute atomic E-state index is 12.6. The molecule has 2 aromatic rings. The molecule has 156 valence electrons. The highest BCUT2D eigenvalue weighted by Crippen LogP contribution is 2.16. The van der Waals surface area contributed by atoms with Crippen LogP contribution < -0.4 is 10.2 Å². The molecule has 0 saturated carbocycles. The van der Waals surface area contributed by atoms with E-state index in [0.29, 0.717) is 5.56 Å². The van der Waals surface area contributed by atoms with Crippen molar-refractivity contribution in [2.24, 2.45) is 0 Å². The van der Waals surface area contributed by atoms with Gasteiger partial charge in [-0.25, -0.2) is 0 Å². The summed E-state index contributed by atoms with van der Waals surface area (Å²) in [6, 6.07) is 15.9. The number of rotatable bonds is 11. The van der Waals surface area contributed by atoms with Crippen molar-refractivity contribution in [3.8, 4) is 0 Å². The molecule has 0 fully saturated rings. The zero-order valence-electron chi connectivity index (χ0n) is 18.4. The van der Waals surface area contributed by atoms with Gasteiger partial charge in [-0.2, -0.15) is 0 Å². The third-order valence-corrected chi connectivity index (χ3v) is 4.68. The molecule has 5 heteroatoms. The van der Waals surface area contributed by atoms with Crippen LogP contribution in [0, 0.1) is 0 Å². The van der Waals surface area contributed by atoms with Gasteiger partial charge >= 0.3 is 0 Å². The third kappa shape index (κ3) is 8.10. The van der Waals surface area contributed by atoms with Gasteiger partial charge in [0.1, 0.15) is 0 Å². The van der Waals surface area contributed by atoms with Crippen LogP contribution >= 0.6 is 0 Å². The zero-order valence-corrected chi connectivity index (χ0v) is 18.4. The molecule has 0 aliphatic rings. The van der Waals surface area contributed by atoms with E-state index < -0.39 is 0 Å². The van der Waals surface area contributed by atoms with Gasteiger partial charge in [0.05, 0.1) is 0 Å². The molecule has 0 aromatic heterocycles. The number of hydrogen-bond donors (Lipinski definition) is 1. The second-order valence-corrected chi connectivity index (χ2v) is 7.82. The lowest BCUT2D eigenvalue weighted by atomic mass is 10.1. The number of likely N-dealkylation sites (N-methyl/N-ethyl adjacent to an activating group) is 3. The molecule has 0 spiro atoms. The normalized spacial score (nSPS) is 11.4. The number of carbonyl (C=O) groups is 1. The van der Waals surface area contributed by atoms with E-state index in [1.54, 1.807) is 6.08 Å². The predicted octanol–water partition coefficient (Wildman–Crippen LogP) is 3.55. The topological polar surface area (TPSA) is 38.8 Å². The molecule has 2 rings (SSSR count). The van der Waals surface area contributed by atoms with Gasteiger partial charge < -0.3 is 20.0 Å². The van der Waals surface area contributed by atoms with Crippen LogP contribution in [-0.2, 0) is 0 Å². The van der Waals surface area contributed by atoms with Crippen LogP contribution in [0.25, 0.3) is 6.08 Å². The lowest BCUT2D eigenvalue weighted by Crippen LogP contribution is -2.28. The van der Waals surface area contributed by atoms with Crippen molar-refractivity contribution in [1.82, 2.24) is 9.80 Å². The van der Waals surface area contributed by atoms with Gasteiger partial charge in [-0.1, -0.05) is 30.3 Å². The SMILES string of the molecule is CN(C)CCNc1ccc(C=CC(=O)c2cccc(N(C)CCN(C)C)c2)cc1. The summed E-state index contributed by atoms with van der Waals surface area (Å²) >= 11 is 0. The van der Waals surface area contributed by atoms with E-state index >= 15 is 0 Å². The lowest BCUT2D eigenvalue weighted by Gasteiger charge is -2.21.